The summed E-state index contributed by atoms with van der Waals surface area (Å²) in [4.78, 5) is 20.5. The molecule has 0 fully saturated rings. The van der Waals surface area contributed by atoms with Gasteiger partial charge in [-0.15, -0.1) is 0 Å². The lowest BCUT2D eigenvalue weighted by molar-refractivity contribution is 0.441. The fourth-order valence-corrected chi connectivity index (χ4v) is 3.70. The second-order valence-electron chi connectivity index (χ2n) is 7.17. The molecule has 1 heterocycles. The lowest BCUT2D eigenvalue weighted by Gasteiger charge is -2.34. The van der Waals surface area contributed by atoms with Crippen molar-refractivity contribution in [2.45, 2.75) is 32.1 Å². The highest BCUT2D eigenvalue weighted by Crippen LogP contribution is 2.42. The summed E-state index contributed by atoms with van der Waals surface area (Å²) >= 11 is 0. The Bertz CT molecular complexity index is 1060. The van der Waals surface area contributed by atoms with Gasteiger partial charge in [0.1, 0.15) is 0 Å². The molecule has 1 aliphatic rings. The molecule has 136 valence electrons. The van der Waals surface area contributed by atoms with Gasteiger partial charge in [0.15, 0.2) is 0 Å². The predicted octanol–water partition coefficient (Wildman–Crippen LogP) is 4.11. The van der Waals surface area contributed by atoms with Gasteiger partial charge < -0.3 is 0 Å². The first-order valence-electron chi connectivity index (χ1n) is 9.18. The molecule has 0 aliphatic heterocycles. The van der Waals surface area contributed by atoms with E-state index in [0.717, 1.165) is 35.2 Å². The van der Waals surface area contributed by atoms with E-state index in [2.05, 4.69) is 35.4 Å². The molecule has 3 aromatic rings. The van der Waals surface area contributed by atoms with E-state index in [0.29, 0.717) is 5.95 Å². The zero-order valence-electron chi connectivity index (χ0n) is 15.5. The van der Waals surface area contributed by atoms with Crippen molar-refractivity contribution in [3.63, 3.8) is 0 Å². The molecule has 0 spiro atoms. The molecule has 5 heteroatoms. The highest BCUT2D eigenvalue weighted by atomic mass is 16.1. The van der Waals surface area contributed by atoms with Crippen molar-refractivity contribution in [1.29, 1.82) is 0 Å². The summed E-state index contributed by atoms with van der Waals surface area (Å²) in [5.74, 6) is 0.348. The Kier molecular flexibility index (Phi) is 4.36. The average molecular weight is 358 g/mol. The molecule has 0 amide bonds. The zero-order chi connectivity index (χ0) is 18.9. The largest absolute Gasteiger partial charge is 0.291 e. The van der Waals surface area contributed by atoms with E-state index in [1.54, 1.807) is 6.21 Å². The summed E-state index contributed by atoms with van der Waals surface area (Å²) in [5, 5.41) is 4.21. The van der Waals surface area contributed by atoms with Crippen molar-refractivity contribution in [2.75, 3.05) is 5.43 Å². The number of fused-ring (bicyclic) bond motifs is 3. The van der Waals surface area contributed by atoms with E-state index < -0.39 is 0 Å². The van der Waals surface area contributed by atoms with Crippen LogP contribution in [0, 0.1) is 0 Å². The van der Waals surface area contributed by atoms with E-state index in [-0.39, 0.29) is 11.0 Å². The molecular weight excluding hydrogens is 336 g/mol. The third-order valence-corrected chi connectivity index (χ3v) is 5.34. The monoisotopic (exact) mass is 358 g/mol. The van der Waals surface area contributed by atoms with Crippen molar-refractivity contribution in [3.8, 4) is 11.3 Å². The molecular formula is C22H22N4O. The molecule has 0 saturated carbocycles. The minimum Gasteiger partial charge on any atom is -0.291 e. The number of H-pyrrole nitrogens is 1. The number of hydrogen-bond acceptors (Lipinski definition) is 4. The number of rotatable bonds is 4. The second kappa shape index (κ2) is 6.83. The van der Waals surface area contributed by atoms with Gasteiger partial charge in [-0.3, -0.25) is 9.78 Å². The van der Waals surface area contributed by atoms with Crippen molar-refractivity contribution in [3.05, 3.63) is 81.6 Å². The fourth-order valence-electron chi connectivity index (χ4n) is 3.70. The van der Waals surface area contributed by atoms with Crippen LogP contribution in [0.4, 0.5) is 5.95 Å². The van der Waals surface area contributed by atoms with E-state index in [9.17, 15) is 4.79 Å². The third kappa shape index (κ3) is 3.16. The maximum Gasteiger partial charge on any atom is 0.256 e. The van der Waals surface area contributed by atoms with Gasteiger partial charge in [-0.25, -0.2) is 10.4 Å². The van der Waals surface area contributed by atoms with Gasteiger partial charge in [-0.1, -0.05) is 68.4 Å². The van der Waals surface area contributed by atoms with Crippen LogP contribution < -0.4 is 11.0 Å². The normalized spacial score (nSPS) is 18.1. The topological polar surface area (TPSA) is 70.1 Å². The molecule has 1 aromatic heterocycles. The van der Waals surface area contributed by atoms with Gasteiger partial charge in [0, 0.05) is 16.5 Å². The zero-order valence-corrected chi connectivity index (χ0v) is 15.5. The maximum absolute atomic E-state index is 12.9. The van der Waals surface area contributed by atoms with E-state index >= 15 is 0 Å². The van der Waals surface area contributed by atoms with Crippen LogP contribution in [0.5, 0.6) is 0 Å². The van der Waals surface area contributed by atoms with Crippen LogP contribution in [0.15, 0.2) is 64.5 Å². The van der Waals surface area contributed by atoms with Crippen LogP contribution in [0.25, 0.3) is 11.3 Å². The van der Waals surface area contributed by atoms with Gasteiger partial charge >= 0.3 is 0 Å². The number of anilines is 1. The Balaban J connectivity index is 1.75. The lowest BCUT2D eigenvalue weighted by atomic mass is 9.69. The highest BCUT2D eigenvalue weighted by molar-refractivity contribution is 5.80. The summed E-state index contributed by atoms with van der Waals surface area (Å²) in [6.07, 6.45) is 3.41. The first-order valence-corrected chi connectivity index (χ1v) is 9.18. The summed E-state index contributed by atoms with van der Waals surface area (Å²) in [6, 6.07) is 17.9. The standard InChI is InChI=1S/C22H22N4O/c1-3-22(2)13-16-11-7-8-12-17(16)19-18(22)20(27)25-21(24-19)26-23-14-15-9-5-4-6-10-15/h4-12,14H,3,13H2,1-2H3,(H2,24,25,26,27). The van der Waals surface area contributed by atoms with Gasteiger partial charge in [-0.2, -0.15) is 5.10 Å². The molecule has 0 radical (unpaired) electrons. The lowest BCUT2D eigenvalue weighted by Crippen LogP contribution is -2.36. The number of aromatic nitrogens is 2. The van der Waals surface area contributed by atoms with Gasteiger partial charge in [0.25, 0.3) is 5.56 Å². The van der Waals surface area contributed by atoms with Crippen LogP contribution in [0.2, 0.25) is 0 Å². The smallest absolute Gasteiger partial charge is 0.256 e. The number of hydrogen-bond donors (Lipinski definition) is 2. The van der Waals surface area contributed by atoms with Gasteiger partial charge in [-0.05, 0) is 24.0 Å². The Hall–Kier alpha value is -3.21. The number of nitrogens with zero attached hydrogens (tertiary/aromatic N) is 2. The molecule has 1 unspecified atom stereocenters. The van der Waals surface area contributed by atoms with Gasteiger partial charge in [0.05, 0.1) is 11.9 Å². The minimum absolute atomic E-state index is 0.101. The fraction of sp³-hybridized carbons (Fsp3) is 0.227. The number of benzene rings is 2. The maximum atomic E-state index is 12.9. The molecule has 0 saturated heterocycles. The second-order valence-corrected chi connectivity index (χ2v) is 7.17. The van der Waals surface area contributed by atoms with Crippen LogP contribution >= 0.6 is 0 Å². The Morgan fingerprint density at radius 3 is 2.70 bits per heavy atom. The van der Waals surface area contributed by atoms with Crippen molar-refractivity contribution in [2.24, 2.45) is 5.10 Å². The predicted molar refractivity (Wildman–Crippen MR) is 109 cm³/mol. The molecule has 5 nitrogen and oxygen atoms in total. The summed E-state index contributed by atoms with van der Waals surface area (Å²) < 4.78 is 0. The number of aromatic amines is 1. The van der Waals surface area contributed by atoms with Crippen LogP contribution in [0.3, 0.4) is 0 Å². The van der Waals surface area contributed by atoms with Crippen molar-refractivity contribution < 1.29 is 0 Å². The SMILES string of the molecule is CCC1(C)Cc2ccccc2-c2nc(NN=Cc3ccccc3)[nH]c(=O)c21. The van der Waals surface area contributed by atoms with Crippen molar-refractivity contribution >= 4 is 12.2 Å². The number of hydrazone groups is 1. The molecule has 0 bridgehead atoms. The summed E-state index contributed by atoms with van der Waals surface area (Å²) in [5.41, 5.74) is 7.28. The Morgan fingerprint density at radius 1 is 1.19 bits per heavy atom. The molecule has 27 heavy (non-hydrogen) atoms. The molecule has 2 N–H and O–H groups in total. The van der Waals surface area contributed by atoms with Gasteiger partial charge in [0.2, 0.25) is 5.95 Å². The average Bonchev–Trinajstić information content (AvgIpc) is 2.68. The van der Waals surface area contributed by atoms with Crippen LogP contribution in [-0.4, -0.2) is 16.2 Å². The first-order chi connectivity index (χ1) is 13.1. The summed E-state index contributed by atoms with van der Waals surface area (Å²) in [6.45, 7) is 4.26. The molecule has 2 aromatic carbocycles. The Labute approximate surface area is 158 Å². The molecule has 1 atom stereocenters. The van der Waals surface area contributed by atoms with Crippen LogP contribution in [0.1, 0.15) is 37.0 Å². The summed E-state index contributed by atoms with van der Waals surface area (Å²) in [7, 11) is 0. The first kappa shape index (κ1) is 17.2. The molecule has 4 rings (SSSR count). The van der Waals surface area contributed by atoms with E-state index in [1.165, 1.54) is 5.56 Å². The Morgan fingerprint density at radius 2 is 1.93 bits per heavy atom. The van der Waals surface area contributed by atoms with Crippen molar-refractivity contribution in [1.82, 2.24) is 9.97 Å². The minimum atomic E-state index is -0.226. The molecule has 1 aliphatic carbocycles. The quantitative estimate of drug-likeness (QED) is 0.545. The third-order valence-electron chi connectivity index (χ3n) is 5.34. The van der Waals surface area contributed by atoms with Crippen LogP contribution in [-0.2, 0) is 11.8 Å². The number of nitrogens with one attached hydrogen (secondary N) is 2. The van der Waals surface area contributed by atoms with E-state index in [4.69, 9.17) is 4.98 Å². The van der Waals surface area contributed by atoms with E-state index in [1.807, 2.05) is 48.5 Å². The highest BCUT2D eigenvalue weighted by Gasteiger charge is 2.37.